The van der Waals surface area contributed by atoms with E-state index < -0.39 is 0 Å². The normalized spacial score (nSPS) is 21.3. The van der Waals surface area contributed by atoms with Crippen molar-refractivity contribution in [3.05, 3.63) is 35.4 Å². The predicted octanol–water partition coefficient (Wildman–Crippen LogP) is 3.67. The van der Waals surface area contributed by atoms with Crippen LogP contribution in [0.3, 0.4) is 0 Å². The summed E-state index contributed by atoms with van der Waals surface area (Å²) in [5.74, 6) is 0. The number of fused-ring (bicyclic) bond motifs is 2. The molecule has 0 radical (unpaired) electrons. The quantitative estimate of drug-likeness (QED) is 0.718. The van der Waals surface area contributed by atoms with Gasteiger partial charge < -0.3 is 5.32 Å². The summed E-state index contributed by atoms with van der Waals surface area (Å²) in [6.07, 6.45) is 6.77. The van der Waals surface area contributed by atoms with Gasteiger partial charge in [0.15, 0.2) is 0 Å². The molecule has 2 aliphatic rings. The van der Waals surface area contributed by atoms with Crippen LogP contribution in [0, 0.1) is 0 Å². The van der Waals surface area contributed by atoms with E-state index in [1.165, 1.54) is 45.2 Å². The number of aryl methyl sites for hydroxylation is 1. The van der Waals surface area contributed by atoms with Gasteiger partial charge in [0.25, 0.3) is 0 Å². The maximum Gasteiger partial charge on any atom is -0.00200 e. The number of hydrogen-bond acceptors (Lipinski definition) is 1. The second-order valence-electron chi connectivity index (χ2n) is 5.04. The van der Waals surface area contributed by atoms with Crippen molar-refractivity contribution in [2.24, 2.45) is 0 Å². The van der Waals surface area contributed by atoms with E-state index in [0.29, 0.717) is 5.41 Å². The molecule has 1 aromatic rings. The van der Waals surface area contributed by atoms with E-state index in [9.17, 15) is 0 Å². The van der Waals surface area contributed by atoms with Crippen molar-refractivity contribution in [1.82, 2.24) is 5.32 Å². The van der Waals surface area contributed by atoms with Gasteiger partial charge in [0, 0.05) is 0 Å². The Kier molecular flexibility index (Phi) is 4.22. The van der Waals surface area contributed by atoms with Crippen LogP contribution in [0.2, 0.25) is 0 Å². The van der Waals surface area contributed by atoms with E-state index in [4.69, 9.17) is 0 Å². The molecule has 94 valence electrons. The lowest BCUT2D eigenvalue weighted by molar-refractivity contribution is 0.268. The van der Waals surface area contributed by atoms with Crippen LogP contribution in [0.15, 0.2) is 24.3 Å². The van der Waals surface area contributed by atoms with Crippen molar-refractivity contribution in [1.29, 1.82) is 0 Å². The van der Waals surface area contributed by atoms with Gasteiger partial charge in [0.05, 0.1) is 0 Å². The summed E-state index contributed by atoms with van der Waals surface area (Å²) < 4.78 is 0. The summed E-state index contributed by atoms with van der Waals surface area (Å²) in [5.41, 5.74) is 3.81. The number of piperidine rings is 1. The summed E-state index contributed by atoms with van der Waals surface area (Å²) in [6, 6.07) is 9.12. The molecule has 1 fully saturated rings. The molecule has 1 saturated heterocycles. The highest BCUT2D eigenvalue weighted by atomic mass is 14.9. The molecule has 1 aromatic carbocycles. The van der Waals surface area contributed by atoms with Gasteiger partial charge in [-0.3, -0.25) is 0 Å². The standard InChI is InChI=1S/C14H19N.C2H6/c1-2-6-13-12(4-1)5-3-7-14(13)8-10-15-11-9-14;1-2/h1-2,4,6,15H,3,5,7-11H2;1-2H3. The maximum absolute atomic E-state index is 3.49. The molecule has 1 aliphatic carbocycles. The Morgan fingerprint density at radius 2 is 1.71 bits per heavy atom. The molecule has 3 rings (SSSR count). The van der Waals surface area contributed by atoms with E-state index in [2.05, 4.69) is 29.6 Å². The van der Waals surface area contributed by atoms with Crippen molar-refractivity contribution in [3.63, 3.8) is 0 Å². The van der Waals surface area contributed by atoms with E-state index in [0.717, 1.165) is 0 Å². The summed E-state index contributed by atoms with van der Waals surface area (Å²) in [5, 5.41) is 3.49. The van der Waals surface area contributed by atoms with Crippen molar-refractivity contribution in [2.75, 3.05) is 13.1 Å². The molecule has 0 saturated carbocycles. The molecular formula is C16H25N. The zero-order chi connectivity index (χ0) is 12.1. The molecule has 0 unspecified atom stereocenters. The van der Waals surface area contributed by atoms with Crippen LogP contribution in [0.5, 0.6) is 0 Å². The van der Waals surface area contributed by atoms with Gasteiger partial charge >= 0.3 is 0 Å². The van der Waals surface area contributed by atoms with Gasteiger partial charge in [-0.05, 0) is 61.7 Å². The highest BCUT2D eigenvalue weighted by Crippen LogP contribution is 2.43. The second kappa shape index (κ2) is 5.68. The number of rotatable bonds is 0. The minimum Gasteiger partial charge on any atom is -0.317 e. The fourth-order valence-corrected chi connectivity index (χ4v) is 3.43. The molecule has 0 atom stereocenters. The van der Waals surface area contributed by atoms with Crippen LogP contribution in [0.4, 0.5) is 0 Å². The largest absolute Gasteiger partial charge is 0.317 e. The van der Waals surface area contributed by atoms with Gasteiger partial charge in [-0.1, -0.05) is 38.1 Å². The fraction of sp³-hybridized carbons (Fsp3) is 0.625. The SMILES string of the molecule is CC.c1ccc2c(c1)CCCC21CCNCC1. The Balaban J connectivity index is 0.000000514. The third kappa shape index (κ3) is 2.40. The van der Waals surface area contributed by atoms with Crippen molar-refractivity contribution < 1.29 is 0 Å². The monoisotopic (exact) mass is 231 g/mol. The van der Waals surface area contributed by atoms with Crippen LogP contribution in [-0.4, -0.2) is 13.1 Å². The van der Waals surface area contributed by atoms with Crippen LogP contribution in [-0.2, 0) is 11.8 Å². The smallest absolute Gasteiger partial charge is 0.00200 e. The first-order valence-electron chi connectivity index (χ1n) is 7.20. The predicted molar refractivity (Wildman–Crippen MR) is 74.5 cm³/mol. The molecule has 17 heavy (non-hydrogen) atoms. The van der Waals surface area contributed by atoms with Gasteiger partial charge in [-0.2, -0.15) is 0 Å². The first-order chi connectivity index (χ1) is 8.41. The first kappa shape index (κ1) is 12.6. The molecule has 1 spiro atoms. The Labute approximate surface area is 106 Å². The molecule has 1 aliphatic heterocycles. The molecule has 1 heteroatoms. The van der Waals surface area contributed by atoms with Gasteiger partial charge in [-0.25, -0.2) is 0 Å². The van der Waals surface area contributed by atoms with E-state index >= 15 is 0 Å². The van der Waals surface area contributed by atoms with E-state index in [-0.39, 0.29) is 0 Å². The average Bonchev–Trinajstić information content (AvgIpc) is 2.43. The molecule has 0 bridgehead atoms. The summed E-state index contributed by atoms with van der Waals surface area (Å²) in [6.45, 7) is 6.41. The minimum atomic E-state index is 0.528. The van der Waals surface area contributed by atoms with Crippen LogP contribution in [0.1, 0.15) is 50.7 Å². The minimum absolute atomic E-state index is 0.528. The zero-order valence-electron chi connectivity index (χ0n) is 11.3. The zero-order valence-corrected chi connectivity index (χ0v) is 11.3. The van der Waals surface area contributed by atoms with Crippen molar-refractivity contribution in [2.45, 2.75) is 51.4 Å². The Morgan fingerprint density at radius 1 is 1.00 bits per heavy atom. The number of nitrogens with one attached hydrogen (secondary N) is 1. The first-order valence-corrected chi connectivity index (χ1v) is 7.20. The summed E-state index contributed by atoms with van der Waals surface area (Å²) in [4.78, 5) is 0. The lowest BCUT2D eigenvalue weighted by Crippen LogP contribution is -2.41. The summed E-state index contributed by atoms with van der Waals surface area (Å²) in [7, 11) is 0. The van der Waals surface area contributed by atoms with Gasteiger partial charge in [0.2, 0.25) is 0 Å². The van der Waals surface area contributed by atoms with E-state index in [1.54, 1.807) is 11.1 Å². The van der Waals surface area contributed by atoms with Gasteiger partial charge in [0.1, 0.15) is 0 Å². The Bertz CT molecular complexity index is 350. The Hall–Kier alpha value is -0.820. The third-order valence-electron chi connectivity index (χ3n) is 4.25. The van der Waals surface area contributed by atoms with E-state index in [1.807, 2.05) is 13.8 Å². The average molecular weight is 231 g/mol. The summed E-state index contributed by atoms with van der Waals surface area (Å²) >= 11 is 0. The second-order valence-corrected chi connectivity index (χ2v) is 5.04. The molecule has 1 nitrogen and oxygen atoms in total. The molecule has 1 heterocycles. The molecular weight excluding hydrogens is 206 g/mol. The van der Waals surface area contributed by atoms with Gasteiger partial charge in [-0.15, -0.1) is 0 Å². The number of hydrogen-bond donors (Lipinski definition) is 1. The Morgan fingerprint density at radius 3 is 2.47 bits per heavy atom. The van der Waals surface area contributed by atoms with Crippen LogP contribution in [0.25, 0.3) is 0 Å². The van der Waals surface area contributed by atoms with Crippen molar-refractivity contribution >= 4 is 0 Å². The topological polar surface area (TPSA) is 12.0 Å². The lowest BCUT2D eigenvalue weighted by atomic mass is 9.65. The van der Waals surface area contributed by atoms with Crippen molar-refractivity contribution in [3.8, 4) is 0 Å². The highest BCUT2D eigenvalue weighted by molar-refractivity contribution is 5.37. The molecule has 0 amide bonds. The fourth-order valence-electron chi connectivity index (χ4n) is 3.43. The van der Waals surface area contributed by atoms with Crippen LogP contribution < -0.4 is 5.32 Å². The number of benzene rings is 1. The molecule has 1 N–H and O–H groups in total. The highest BCUT2D eigenvalue weighted by Gasteiger charge is 2.36. The molecule has 0 aromatic heterocycles. The lowest BCUT2D eigenvalue weighted by Gasteiger charge is -2.42. The maximum atomic E-state index is 3.49. The van der Waals surface area contributed by atoms with Crippen LogP contribution >= 0.6 is 0 Å². The third-order valence-corrected chi connectivity index (χ3v) is 4.25.